The van der Waals surface area contributed by atoms with E-state index in [1.165, 1.54) is 4.91 Å². The molecule has 0 bridgehead atoms. The highest BCUT2D eigenvalue weighted by atomic mass is 32.2. The summed E-state index contributed by atoms with van der Waals surface area (Å²) in [6.07, 6.45) is 1.80. The lowest BCUT2D eigenvalue weighted by Gasteiger charge is -2.05. The number of nitrogens with one attached hydrogen (secondary N) is 1. The number of hydrogen-bond acceptors (Lipinski definition) is 5. The largest absolute Gasteiger partial charge is 0.360 e. The lowest BCUT2D eigenvalue weighted by atomic mass is 10.2. The van der Waals surface area contributed by atoms with Gasteiger partial charge in [-0.3, -0.25) is 0 Å². The number of aliphatic imine (C=N–C) groups is 1. The van der Waals surface area contributed by atoms with Crippen molar-refractivity contribution in [3.63, 3.8) is 0 Å². The van der Waals surface area contributed by atoms with Crippen molar-refractivity contribution in [2.24, 2.45) is 15.2 Å². The van der Waals surface area contributed by atoms with Gasteiger partial charge in [0.2, 0.25) is 0 Å². The van der Waals surface area contributed by atoms with E-state index in [-0.39, 0.29) is 0 Å². The molecule has 5 heteroatoms. The zero-order valence-corrected chi connectivity index (χ0v) is 7.06. The van der Waals surface area contributed by atoms with Crippen molar-refractivity contribution in [3.05, 3.63) is 22.5 Å². The normalized spacial score (nSPS) is 24.7. The molecule has 3 aliphatic rings. The fourth-order valence-corrected chi connectivity index (χ4v) is 2.34. The molecule has 0 aromatic heterocycles. The van der Waals surface area contributed by atoms with E-state index in [0.29, 0.717) is 6.54 Å². The minimum Gasteiger partial charge on any atom is -0.360 e. The summed E-state index contributed by atoms with van der Waals surface area (Å²) in [7, 11) is 0. The highest BCUT2D eigenvalue weighted by molar-refractivity contribution is 8.03. The van der Waals surface area contributed by atoms with Gasteiger partial charge in [-0.2, -0.15) is 10.2 Å². The third kappa shape index (κ3) is 0.714. The van der Waals surface area contributed by atoms with E-state index in [4.69, 9.17) is 0 Å². The first kappa shape index (κ1) is 6.42. The Morgan fingerprint density at radius 3 is 3.50 bits per heavy atom. The first-order valence-electron chi connectivity index (χ1n) is 3.71. The number of hydrogen-bond donors (Lipinski definition) is 1. The third-order valence-electron chi connectivity index (χ3n) is 1.96. The average Bonchev–Trinajstić information content (AvgIpc) is 2.62. The Morgan fingerprint density at radius 2 is 2.50 bits per heavy atom. The molecule has 12 heavy (non-hydrogen) atoms. The molecule has 0 saturated heterocycles. The van der Waals surface area contributed by atoms with Gasteiger partial charge in [0, 0.05) is 5.57 Å². The Morgan fingerprint density at radius 1 is 1.50 bits per heavy atom. The minimum atomic E-state index is 0.626. The van der Waals surface area contributed by atoms with Crippen LogP contribution in [0.5, 0.6) is 0 Å². The predicted molar refractivity (Wildman–Crippen MR) is 47.9 cm³/mol. The van der Waals surface area contributed by atoms with E-state index >= 15 is 0 Å². The van der Waals surface area contributed by atoms with Gasteiger partial charge in [-0.25, -0.2) is 4.99 Å². The maximum Gasteiger partial charge on any atom is 0.141 e. The van der Waals surface area contributed by atoms with Gasteiger partial charge < -0.3 is 5.32 Å². The maximum absolute atomic E-state index is 4.41. The summed E-state index contributed by atoms with van der Waals surface area (Å²) in [5.41, 5.74) is 2.21. The van der Waals surface area contributed by atoms with E-state index < -0.39 is 0 Å². The van der Waals surface area contributed by atoms with Crippen LogP contribution in [0, 0.1) is 0 Å². The summed E-state index contributed by atoms with van der Waals surface area (Å²) < 4.78 is 0. The SMILES string of the molecule is C1=C2C(=NC3=C2SCN3)CN=N1. The van der Waals surface area contributed by atoms with Crippen LogP contribution in [0.25, 0.3) is 0 Å². The molecule has 0 unspecified atom stereocenters. The van der Waals surface area contributed by atoms with Crippen LogP contribution in [0.3, 0.4) is 0 Å². The molecule has 4 nitrogen and oxygen atoms in total. The van der Waals surface area contributed by atoms with Gasteiger partial charge in [-0.05, 0) is 0 Å². The molecule has 3 rings (SSSR count). The Kier molecular flexibility index (Phi) is 1.17. The van der Waals surface area contributed by atoms with Crippen molar-refractivity contribution in [1.82, 2.24) is 5.32 Å². The van der Waals surface area contributed by atoms with E-state index in [1.54, 1.807) is 18.0 Å². The summed E-state index contributed by atoms with van der Waals surface area (Å²) in [6.45, 7) is 0.626. The number of nitrogens with zero attached hydrogens (tertiary/aromatic N) is 3. The van der Waals surface area contributed by atoms with Crippen LogP contribution in [-0.4, -0.2) is 18.1 Å². The van der Waals surface area contributed by atoms with Crippen molar-refractivity contribution in [2.75, 3.05) is 12.4 Å². The summed E-state index contributed by atoms with van der Waals surface area (Å²) in [5.74, 6) is 1.93. The lowest BCUT2D eigenvalue weighted by molar-refractivity contribution is 0.959. The zero-order valence-electron chi connectivity index (χ0n) is 6.24. The Labute approximate surface area is 73.5 Å². The molecule has 3 heterocycles. The molecule has 0 aromatic carbocycles. The third-order valence-corrected chi connectivity index (χ3v) is 2.95. The maximum atomic E-state index is 4.41. The second-order valence-electron chi connectivity index (χ2n) is 2.66. The van der Waals surface area contributed by atoms with Crippen LogP contribution in [0.2, 0.25) is 0 Å². The number of allylic oxidation sites excluding steroid dienone is 1. The van der Waals surface area contributed by atoms with Gasteiger partial charge in [0.05, 0.1) is 22.7 Å². The molecule has 3 aliphatic heterocycles. The monoisotopic (exact) mass is 178 g/mol. The van der Waals surface area contributed by atoms with Crippen LogP contribution in [0.15, 0.2) is 37.7 Å². The quantitative estimate of drug-likeness (QED) is 0.607. The number of thioether (sulfide) groups is 1. The van der Waals surface area contributed by atoms with Gasteiger partial charge in [0.15, 0.2) is 0 Å². The fraction of sp³-hybridized carbons (Fsp3) is 0.286. The van der Waals surface area contributed by atoms with Crippen LogP contribution in [0.1, 0.15) is 0 Å². The highest BCUT2D eigenvalue weighted by Crippen LogP contribution is 2.37. The molecular formula is C7H6N4S. The zero-order chi connectivity index (χ0) is 7.97. The van der Waals surface area contributed by atoms with E-state index in [0.717, 1.165) is 23.0 Å². The molecule has 0 fully saturated rings. The lowest BCUT2D eigenvalue weighted by Crippen LogP contribution is -2.09. The number of fused-ring (bicyclic) bond motifs is 2. The Hall–Kier alpha value is -1.10. The second-order valence-corrected chi connectivity index (χ2v) is 3.65. The van der Waals surface area contributed by atoms with E-state index in [2.05, 4.69) is 20.5 Å². The van der Waals surface area contributed by atoms with Crippen molar-refractivity contribution < 1.29 is 0 Å². The summed E-state index contributed by atoms with van der Waals surface area (Å²) >= 11 is 1.78. The summed E-state index contributed by atoms with van der Waals surface area (Å²) in [4.78, 5) is 5.65. The molecule has 0 atom stereocenters. The van der Waals surface area contributed by atoms with Crippen molar-refractivity contribution in [2.45, 2.75) is 0 Å². The molecule has 0 aliphatic carbocycles. The first-order chi connectivity index (χ1) is 5.95. The topological polar surface area (TPSA) is 49.1 Å². The smallest absolute Gasteiger partial charge is 0.141 e. The standard InChI is InChI=1S/C7H6N4S/c1-4-5(2-10-9-1)11-7-6(4)12-3-8-7/h1,8H,2-3H2. The number of rotatable bonds is 0. The number of azo groups is 1. The van der Waals surface area contributed by atoms with Crippen molar-refractivity contribution in [3.8, 4) is 0 Å². The fourth-order valence-electron chi connectivity index (χ4n) is 1.41. The molecule has 60 valence electrons. The summed E-state index contributed by atoms with van der Waals surface area (Å²) in [5, 5.41) is 11.0. The van der Waals surface area contributed by atoms with Crippen molar-refractivity contribution in [1.29, 1.82) is 0 Å². The Bertz CT molecular complexity index is 364. The Balaban J connectivity index is 2.13. The molecule has 1 N–H and O–H groups in total. The molecular weight excluding hydrogens is 172 g/mol. The predicted octanol–water partition coefficient (Wildman–Crippen LogP) is 1.25. The van der Waals surface area contributed by atoms with Crippen LogP contribution >= 0.6 is 11.8 Å². The molecule has 0 amide bonds. The minimum absolute atomic E-state index is 0.626. The van der Waals surface area contributed by atoms with Gasteiger partial charge in [-0.1, -0.05) is 0 Å². The van der Waals surface area contributed by atoms with Crippen LogP contribution in [-0.2, 0) is 0 Å². The van der Waals surface area contributed by atoms with Gasteiger partial charge in [-0.15, -0.1) is 11.8 Å². The first-order valence-corrected chi connectivity index (χ1v) is 4.70. The van der Waals surface area contributed by atoms with Gasteiger partial charge in [0.1, 0.15) is 12.4 Å². The highest BCUT2D eigenvalue weighted by Gasteiger charge is 2.28. The molecule has 0 saturated carbocycles. The molecule has 0 spiro atoms. The molecule has 0 radical (unpaired) electrons. The van der Waals surface area contributed by atoms with E-state index in [9.17, 15) is 0 Å². The van der Waals surface area contributed by atoms with Crippen LogP contribution < -0.4 is 5.32 Å². The van der Waals surface area contributed by atoms with Crippen LogP contribution in [0.4, 0.5) is 0 Å². The molecule has 0 aromatic rings. The average molecular weight is 178 g/mol. The van der Waals surface area contributed by atoms with E-state index in [1.807, 2.05) is 0 Å². The van der Waals surface area contributed by atoms with Gasteiger partial charge in [0.25, 0.3) is 0 Å². The van der Waals surface area contributed by atoms with Crippen molar-refractivity contribution >= 4 is 17.5 Å². The summed E-state index contributed by atoms with van der Waals surface area (Å²) in [6, 6.07) is 0. The second kappa shape index (κ2) is 2.20. The van der Waals surface area contributed by atoms with Gasteiger partial charge >= 0.3 is 0 Å².